The fourth-order valence-electron chi connectivity index (χ4n) is 2.69. The van der Waals surface area contributed by atoms with Crippen molar-refractivity contribution in [1.29, 1.82) is 0 Å². The molecule has 1 atom stereocenters. The number of thiazole rings is 1. The number of hydrogen-bond acceptors (Lipinski definition) is 4. The minimum Gasteiger partial charge on any atom is -0.481 e. The lowest BCUT2D eigenvalue weighted by Crippen LogP contribution is -2.40. The second-order valence-corrected chi connectivity index (χ2v) is 7.06. The Morgan fingerprint density at radius 1 is 1.38 bits per heavy atom. The lowest BCUT2D eigenvalue weighted by atomic mass is 9.90. The van der Waals surface area contributed by atoms with Crippen LogP contribution >= 0.6 is 11.3 Å². The molecule has 7 heteroatoms. The number of carbonyl (C=O) groups excluding carboxylic acids is 1. The minimum absolute atomic E-state index is 0.237. The molecule has 3 rings (SSSR count). The predicted octanol–water partition coefficient (Wildman–Crippen LogP) is 2.82. The van der Waals surface area contributed by atoms with Gasteiger partial charge in [0, 0.05) is 24.0 Å². The SMILES string of the molecule is CC1(C(=O)O)CCN(C(=O)NCc2csc(-c3ccccc3)n2)C1. The largest absolute Gasteiger partial charge is 0.481 e. The minimum atomic E-state index is -0.857. The maximum Gasteiger partial charge on any atom is 0.317 e. The molecule has 1 unspecified atom stereocenters. The van der Waals surface area contributed by atoms with Crippen LogP contribution in [0.25, 0.3) is 10.6 Å². The summed E-state index contributed by atoms with van der Waals surface area (Å²) >= 11 is 1.54. The number of hydrogen-bond donors (Lipinski definition) is 2. The van der Waals surface area contributed by atoms with Crippen LogP contribution in [0.5, 0.6) is 0 Å². The Bertz CT molecular complexity index is 747. The molecular formula is C17H19N3O3S. The number of benzene rings is 1. The predicted molar refractivity (Wildman–Crippen MR) is 91.7 cm³/mol. The lowest BCUT2D eigenvalue weighted by molar-refractivity contribution is -0.147. The second-order valence-electron chi connectivity index (χ2n) is 6.21. The first-order chi connectivity index (χ1) is 11.5. The molecule has 1 fully saturated rings. The van der Waals surface area contributed by atoms with Gasteiger partial charge in [0.2, 0.25) is 0 Å². The Morgan fingerprint density at radius 2 is 2.12 bits per heavy atom. The number of rotatable bonds is 4. The number of likely N-dealkylation sites (tertiary alicyclic amines) is 1. The summed E-state index contributed by atoms with van der Waals surface area (Å²) in [4.78, 5) is 29.5. The molecule has 2 aromatic rings. The number of nitrogens with one attached hydrogen (secondary N) is 1. The molecule has 1 aromatic heterocycles. The van der Waals surface area contributed by atoms with E-state index < -0.39 is 11.4 Å². The molecule has 0 bridgehead atoms. The van der Waals surface area contributed by atoms with Crippen LogP contribution in [0.3, 0.4) is 0 Å². The van der Waals surface area contributed by atoms with Crippen molar-refractivity contribution in [2.45, 2.75) is 19.9 Å². The summed E-state index contributed by atoms with van der Waals surface area (Å²) in [6, 6.07) is 9.64. The van der Waals surface area contributed by atoms with Crippen molar-refractivity contribution in [1.82, 2.24) is 15.2 Å². The molecule has 126 valence electrons. The normalized spacial score (nSPS) is 20.1. The standard InChI is InChI=1S/C17H19N3O3S/c1-17(15(21)22)7-8-20(11-17)16(23)18-9-13-10-24-14(19-13)12-5-3-2-4-6-12/h2-6,10H,7-9,11H2,1H3,(H,18,23)(H,21,22). The third-order valence-corrected chi connectivity index (χ3v) is 5.21. The van der Waals surface area contributed by atoms with Crippen LogP contribution in [0, 0.1) is 5.41 Å². The first-order valence-electron chi connectivity index (χ1n) is 7.74. The third kappa shape index (κ3) is 3.41. The highest BCUT2D eigenvalue weighted by Crippen LogP contribution is 2.30. The van der Waals surface area contributed by atoms with Gasteiger partial charge in [-0.1, -0.05) is 30.3 Å². The number of amides is 2. The van der Waals surface area contributed by atoms with Gasteiger partial charge in [0.15, 0.2) is 0 Å². The maximum absolute atomic E-state index is 12.2. The van der Waals surface area contributed by atoms with E-state index >= 15 is 0 Å². The van der Waals surface area contributed by atoms with Crippen LogP contribution in [-0.2, 0) is 11.3 Å². The number of aromatic nitrogens is 1. The molecule has 0 spiro atoms. The van der Waals surface area contributed by atoms with Crippen LogP contribution in [0.1, 0.15) is 19.0 Å². The summed E-state index contributed by atoms with van der Waals surface area (Å²) in [6.07, 6.45) is 0.477. The van der Waals surface area contributed by atoms with E-state index in [0.717, 1.165) is 16.3 Å². The van der Waals surface area contributed by atoms with Crippen LogP contribution in [-0.4, -0.2) is 40.1 Å². The Morgan fingerprint density at radius 3 is 2.79 bits per heavy atom. The summed E-state index contributed by atoms with van der Waals surface area (Å²) in [6.45, 7) is 2.71. The van der Waals surface area contributed by atoms with Gasteiger partial charge in [-0.2, -0.15) is 0 Å². The van der Waals surface area contributed by atoms with E-state index in [1.54, 1.807) is 11.8 Å². The topological polar surface area (TPSA) is 82.5 Å². The molecule has 6 nitrogen and oxygen atoms in total. The van der Waals surface area contributed by atoms with Gasteiger partial charge in [0.1, 0.15) is 5.01 Å². The first-order valence-corrected chi connectivity index (χ1v) is 8.62. The number of carbonyl (C=O) groups is 2. The van der Waals surface area contributed by atoms with E-state index in [4.69, 9.17) is 0 Å². The second kappa shape index (κ2) is 6.60. The number of carboxylic acids is 1. The van der Waals surface area contributed by atoms with Crippen molar-refractivity contribution in [3.05, 3.63) is 41.4 Å². The van der Waals surface area contributed by atoms with Crippen molar-refractivity contribution >= 4 is 23.3 Å². The molecule has 2 N–H and O–H groups in total. The van der Waals surface area contributed by atoms with Crippen LogP contribution in [0.4, 0.5) is 4.79 Å². The van der Waals surface area contributed by atoms with Gasteiger partial charge in [-0.25, -0.2) is 9.78 Å². The molecule has 1 saturated heterocycles. The molecule has 1 aliphatic rings. The van der Waals surface area contributed by atoms with Gasteiger partial charge in [0.05, 0.1) is 17.7 Å². The smallest absolute Gasteiger partial charge is 0.317 e. The average Bonchev–Trinajstić information content (AvgIpc) is 3.21. The summed E-state index contributed by atoms with van der Waals surface area (Å²) < 4.78 is 0. The van der Waals surface area contributed by atoms with Gasteiger partial charge < -0.3 is 15.3 Å². The molecule has 0 saturated carbocycles. The Labute approximate surface area is 144 Å². The molecular weight excluding hydrogens is 326 g/mol. The van der Waals surface area contributed by atoms with Crippen molar-refractivity contribution in [3.63, 3.8) is 0 Å². The number of nitrogens with zero attached hydrogens (tertiary/aromatic N) is 2. The Hall–Kier alpha value is -2.41. The molecule has 1 aromatic carbocycles. The highest BCUT2D eigenvalue weighted by molar-refractivity contribution is 7.13. The molecule has 2 amide bonds. The highest BCUT2D eigenvalue weighted by Gasteiger charge is 2.42. The number of urea groups is 1. The molecule has 1 aliphatic heterocycles. The molecule has 0 aliphatic carbocycles. The van der Waals surface area contributed by atoms with Crippen molar-refractivity contribution in [2.75, 3.05) is 13.1 Å². The fourth-order valence-corrected chi connectivity index (χ4v) is 3.51. The van der Waals surface area contributed by atoms with Crippen LogP contribution in [0.15, 0.2) is 35.7 Å². The van der Waals surface area contributed by atoms with Crippen molar-refractivity contribution < 1.29 is 14.7 Å². The van der Waals surface area contributed by atoms with E-state index in [-0.39, 0.29) is 12.6 Å². The quantitative estimate of drug-likeness (QED) is 0.893. The summed E-state index contributed by atoms with van der Waals surface area (Å²) in [5, 5.41) is 14.9. The zero-order valence-corrected chi connectivity index (χ0v) is 14.2. The van der Waals surface area contributed by atoms with Gasteiger partial charge in [-0.05, 0) is 13.3 Å². The monoisotopic (exact) mass is 345 g/mol. The Kier molecular flexibility index (Phi) is 4.53. The van der Waals surface area contributed by atoms with E-state index in [9.17, 15) is 14.7 Å². The third-order valence-electron chi connectivity index (χ3n) is 4.27. The zero-order chi connectivity index (χ0) is 17.2. The van der Waals surface area contributed by atoms with E-state index in [2.05, 4.69) is 10.3 Å². The van der Waals surface area contributed by atoms with E-state index in [1.165, 1.54) is 11.3 Å². The van der Waals surface area contributed by atoms with Crippen molar-refractivity contribution in [3.8, 4) is 10.6 Å². The van der Waals surface area contributed by atoms with Crippen LogP contribution in [0.2, 0.25) is 0 Å². The van der Waals surface area contributed by atoms with Crippen LogP contribution < -0.4 is 5.32 Å². The first kappa shape index (κ1) is 16.4. The summed E-state index contributed by atoms with van der Waals surface area (Å²) in [5.74, 6) is -0.857. The fraction of sp³-hybridized carbons (Fsp3) is 0.353. The number of carboxylic acid groups (broad SMARTS) is 1. The van der Waals surface area contributed by atoms with Gasteiger partial charge in [-0.15, -0.1) is 11.3 Å². The lowest BCUT2D eigenvalue weighted by Gasteiger charge is -2.20. The highest BCUT2D eigenvalue weighted by atomic mass is 32.1. The summed E-state index contributed by atoms with van der Waals surface area (Å²) in [5.41, 5.74) is 1.00. The van der Waals surface area contributed by atoms with Crippen molar-refractivity contribution in [2.24, 2.45) is 5.41 Å². The zero-order valence-electron chi connectivity index (χ0n) is 13.4. The average molecular weight is 345 g/mol. The van der Waals surface area contributed by atoms with Gasteiger partial charge >= 0.3 is 12.0 Å². The van der Waals surface area contributed by atoms with Gasteiger partial charge in [-0.3, -0.25) is 4.79 Å². The molecule has 24 heavy (non-hydrogen) atoms. The van der Waals surface area contributed by atoms with E-state index in [0.29, 0.717) is 19.5 Å². The Balaban J connectivity index is 1.56. The maximum atomic E-state index is 12.2. The molecule has 0 radical (unpaired) electrons. The summed E-state index contributed by atoms with van der Waals surface area (Å²) in [7, 11) is 0. The number of aliphatic carboxylic acids is 1. The van der Waals surface area contributed by atoms with Gasteiger partial charge in [0.25, 0.3) is 0 Å². The van der Waals surface area contributed by atoms with E-state index in [1.807, 2.05) is 35.7 Å². The molecule has 2 heterocycles.